The first-order chi connectivity index (χ1) is 9.63. The summed E-state index contributed by atoms with van der Waals surface area (Å²) < 4.78 is 10.3. The number of hydrogen-bond donors (Lipinski definition) is 1. The minimum atomic E-state index is -0.734. The number of methoxy groups -OCH3 is 1. The molecule has 6 heteroatoms. The highest BCUT2D eigenvalue weighted by Crippen LogP contribution is 2.15. The van der Waals surface area contributed by atoms with E-state index in [4.69, 9.17) is 15.2 Å². The fourth-order valence-corrected chi connectivity index (χ4v) is 2.19. The van der Waals surface area contributed by atoms with E-state index >= 15 is 0 Å². The second kappa shape index (κ2) is 6.49. The minimum Gasteiger partial charge on any atom is -0.380 e. The summed E-state index contributed by atoms with van der Waals surface area (Å²) in [5.41, 5.74) is 6.63. The van der Waals surface area contributed by atoms with Gasteiger partial charge in [-0.25, -0.2) is 0 Å². The third kappa shape index (κ3) is 3.15. The predicted molar refractivity (Wildman–Crippen MR) is 72.0 cm³/mol. The lowest BCUT2D eigenvalue weighted by Gasteiger charge is -2.31. The van der Waals surface area contributed by atoms with E-state index in [9.17, 15) is 9.59 Å². The molecule has 0 saturated carbocycles. The molecule has 1 aromatic carbocycles. The zero-order chi connectivity index (χ0) is 14.5. The number of nitrogens with zero attached hydrogens (tertiary/aromatic N) is 1. The molecular weight excluding hydrogens is 260 g/mol. The third-order valence-corrected chi connectivity index (χ3v) is 3.22. The molecule has 0 radical (unpaired) electrons. The Morgan fingerprint density at radius 1 is 1.45 bits per heavy atom. The number of morpholine rings is 1. The van der Waals surface area contributed by atoms with Crippen molar-refractivity contribution in [1.82, 2.24) is 4.90 Å². The van der Waals surface area contributed by atoms with Crippen molar-refractivity contribution in [3.63, 3.8) is 0 Å². The number of nitrogens with two attached hydrogens (primary N) is 1. The summed E-state index contributed by atoms with van der Waals surface area (Å²) in [6.07, 6.45) is -0.734. The Balaban J connectivity index is 2.16. The smallest absolute Gasteiger partial charge is 0.254 e. The van der Waals surface area contributed by atoms with E-state index in [2.05, 4.69) is 0 Å². The van der Waals surface area contributed by atoms with Gasteiger partial charge in [-0.15, -0.1) is 0 Å². The first-order valence-electron chi connectivity index (χ1n) is 6.40. The van der Waals surface area contributed by atoms with Crippen molar-refractivity contribution >= 4 is 11.8 Å². The summed E-state index contributed by atoms with van der Waals surface area (Å²) in [5, 5.41) is 0. The number of hydrogen-bond acceptors (Lipinski definition) is 4. The molecule has 0 aliphatic carbocycles. The first-order valence-corrected chi connectivity index (χ1v) is 6.40. The lowest BCUT2D eigenvalue weighted by atomic mass is 10.1. The van der Waals surface area contributed by atoms with Crippen LogP contribution in [-0.4, -0.2) is 49.6 Å². The quantitative estimate of drug-likeness (QED) is 0.850. The van der Waals surface area contributed by atoms with Crippen LogP contribution in [0.1, 0.15) is 15.9 Å². The fourth-order valence-electron chi connectivity index (χ4n) is 2.19. The van der Waals surface area contributed by atoms with Gasteiger partial charge in [0.1, 0.15) is 0 Å². The Labute approximate surface area is 117 Å². The van der Waals surface area contributed by atoms with Crippen molar-refractivity contribution in [2.24, 2.45) is 5.73 Å². The van der Waals surface area contributed by atoms with Crippen LogP contribution >= 0.6 is 0 Å². The average Bonchev–Trinajstić information content (AvgIpc) is 2.47. The lowest BCUT2D eigenvalue weighted by Crippen LogP contribution is -2.50. The van der Waals surface area contributed by atoms with Crippen molar-refractivity contribution in [1.29, 1.82) is 0 Å². The Hall–Kier alpha value is -1.92. The van der Waals surface area contributed by atoms with Gasteiger partial charge >= 0.3 is 0 Å². The molecule has 1 aliphatic rings. The fraction of sp³-hybridized carbons (Fsp3) is 0.429. The molecule has 2 N–H and O–H groups in total. The minimum absolute atomic E-state index is 0.132. The van der Waals surface area contributed by atoms with E-state index in [1.165, 1.54) is 0 Å². The summed E-state index contributed by atoms with van der Waals surface area (Å²) in [6.45, 7) is 1.32. The molecule has 1 aromatic rings. The monoisotopic (exact) mass is 278 g/mol. The van der Waals surface area contributed by atoms with Crippen molar-refractivity contribution in [3.05, 3.63) is 35.4 Å². The number of benzene rings is 1. The van der Waals surface area contributed by atoms with E-state index < -0.39 is 12.0 Å². The maximum atomic E-state index is 12.5. The molecule has 0 bridgehead atoms. The Morgan fingerprint density at radius 2 is 2.20 bits per heavy atom. The first kappa shape index (κ1) is 14.5. The van der Waals surface area contributed by atoms with Gasteiger partial charge in [0.15, 0.2) is 6.10 Å². The van der Waals surface area contributed by atoms with E-state index in [0.717, 1.165) is 5.56 Å². The molecule has 0 unspecified atom stereocenters. The molecule has 108 valence electrons. The maximum absolute atomic E-state index is 12.5. The van der Waals surface area contributed by atoms with Gasteiger partial charge in [-0.05, 0) is 11.6 Å². The molecule has 20 heavy (non-hydrogen) atoms. The molecule has 1 fully saturated rings. The molecule has 0 aromatic heterocycles. The van der Waals surface area contributed by atoms with Gasteiger partial charge in [0.2, 0.25) is 5.91 Å². The largest absolute Gasteiger partial charge is 0.380 e. The number of amides is 2. The molecule has 1 atom stereocenters. The predicted octanol–water partition coefficient (Wildman–Crippen LogP) is 0.159. The van der Waals surface area contributed by atoms with Crippen LogP contribution in [0.25, 0.3) is 0 Å². The second-order valence-corrected chi connectivity index (χ2v) is 4.60. The van der Waals surface area contributed by atoms with Crippen LogP contribution in [-0.2, 0) is 20.9 Å². The summed E-state index contributed by atoms with van der Waals surface area (Å²) in [5.74, 6) is -0.681. The van der Waals surface area contributed by atoms with Gasteiger partial charge < -0.3 is 20.1 Å². The summed E-state index contributed by atoms with van der Waals surface area (Å²) in [7, 11) is 1.58. The van der Waals surface area contributed by atoms with E-state index in [1.807, 2.05) is 12.1 Å². The normalized spacial score (nSPS) is 18.9. The zero-order valence-electron chi connectivity index (χ0n) is 11.4. The van der Waals surface area contributed by atoms with Crippen LogP contribution in [0.5, 0.6) is 0 Å². The third-order valence-electron chi connectivity index (χ3n) is 3.22. The van der Waals surface area contributed by atoms with Crippen LogP contribution in [0, 0.1) is 0 Å². The standard InChI is InChI=1S/C14H18N2O4/c1-19-9-10-4-2-3-5-11(10)14(18)16-6-7-20-12(8-16)13(15)17/h2-5,12H,6-9H2,1H3,(H2,15,17)/t12-/m0/s1. The summed E-state index contributed by atoms with van der Waals surface area (Å²) in [6, 6.07) is 7.27. The Kier molecular flexibility index (Phi) is 4.70. The van der Waals surface area contributed by atoms with E-state index in [1.54, 1.807) is 24.1 Å². The molecule has 2 rings (SSSR count). The number of primary amides is 1. The Morgan fingerprint density at radius 3 is 2.90 bits per heavy atom. The highest BCUT2D eigenvalue weighted by atomic mass is 16.5. The van der Waals surface area contributed by atoms with Gasteiger partial charge in [-0.2, -0.15) is 0 Å². The summed E-state index contributed by atoms with van der Waals surface area (Å²) in [4.78, 5) is 25.3. The molecule has 6 nitrogen and oxygen atoms in total. The number of rotatable bonds is 4. The van der Waals surface area contributed by atoms with Crippen molar-refractivity contribution in [2.75, 3.05) is 26.8 Å². The van der Waals surface area contributed by atoms with Crippen LogP contribution in [0.2, 0.25) is 0 Å². The number of carbonyl (C=O) groups is 2. The Bertz CT molecular complexity index is 504. The number of ether oxygens (including phenoxy) is 2. The highest BCUT2D eigenvalue weighted by molar-refractivity contribution is 5.96. The topological polar surface area (TPSA) is 81.9 Å². The van der Waals surface area contributed by atoms with Crippen LogP contribution in [0.3, 0.4) is 0 Å². The van der Waals surface area contributed by atoms with Crippen LogP contribution in [0.4, 0.5) is 0 Å². The second-order valence-electron chi connectivity index (χ2n) is 4.60. The lowest BCUT2D eigenvalue weighted by molar-refractivity contribution is -0.133. The van der Waals surface area contributed by atoms with Crippen LogP contribution in [0.15, 0.2) is 24.3 Å². The van der Waals surface area contributed by atoms with E-state index in [0.29, 0.717) is 25.3 Å². The molecule has 0 spiro atoms. The van der Waals surface area contributed by atoms with Crippen molar-refractivity contribution in [3.8, 4) is 0 Å². The molecule has 1 aliphatic heterocycles. The molecule has 1 heterocycles. The zero-order valence-corrected chi connectivity index (χ0v) is 11.4. The van der Waals surface area contributed by atoms with E-state index in [-0.39, 0.29) is 12.5 Å². The molecule has 1 saturated heterocycles. The van der Waals surface area contributed by atoms with Crippen molar-refractivity contribution < 1.29 is 19.1 Å². The molecule has 2 amide bonds. The maximum Gasteiger partial charge on any atom is 0.254 e. The average molecular weight is 278 g/mol. The molecular formula is C14H18N2O4. The van der Waals surface area contributed by atoms with Gasteiger partial charge in [0, 0.05) is 19.2 Å². The van der Waals surface area contributed by atoms with Crippen LogP contribution < -0.4 is 5.73 Å². The van der Waals surface area contributed by atoms with Gasteiger partial charge in [0.25, 0.3) is 5.91 Å². The van der Waals surface area contributed by atoms with Crippen molar-refractivity contribution in [2.45, 2.75) is 12.7 Å². The summed E-state index contributed by atoms with van der Waals surface area (Å²) >= 11 is 0. The van der Waals surface area contributed by atoms with Gasteiger partial charge in [0.05, 0.1) is 19.8 Å². The van der Waals surface area contributed by atoms with Gasteiger partial charge in [-0.1, -0.05) is 18.2 Å². The SMILES string of the molecule is COCc1ccccc1C(=O)N1CCO[C@H](C(N)=O)C1. The number of carbonyl (C=O) groups excluding carboxylic acids is 2. The van der Waals surface area contributed by atoms with Gasteiger partial charge in [-0.3, -0.25) is 9.59 Å². The highest BCUT2D eigenvalue weighted by Gasteiger charge is 2.29.